The van der Waals surface area contributed by atoms with Gasteiger partial charge < -0.3 is 14.6 Å². The van der Waals surface area contributed by atoms with Gasteiger partial charge in [0.15, 0.2) is 0 Å². The van der Waals surface area contributed by atoms with Gasteiger partial charge in [-0.1, -0.05) is 30.3 Å². The molecule has 0 unspecified atom stereocenters. The summed E-state index contributed by atoms with van der Waals surface area (Å²) in [4.78, 5) is 22.8. The molecule has 0 radical (unpaired) electrons. The van der Waals surface area contributed by atoms with Crippen LogP contribution < -0.4 is 4.74 Å². The summed E-state index contributed by atoms with van der Waals surface area (Å²) >= 11 is 0. The minimum absolute atomic E-state index is 0.0448. The third-order valence-corrected chi connectivity index (χ3v) is 5.64. The second-order valence-electron chi connectivity index (χ2n) is 7.77. The molecule has 1 aliphatic heterocycles. The van der Waals surface area contributed by atoms with Crippen LogP contribution in [0.3, 0.4) is 0 Å². The number of aromatic amines is 1. The maximum Gasteiger partial charge on any atom is 0.254 e. The van der Waals surface area contributed by atoms with E-state index in [-0.39, 0.29) is 5.91 Å². The number of aryl methyl sites for hydroxylation is 2. The molecular formula is C25H23N3O2. The summed E-state index contributed by atoms with van der Waals surface area (Å²) in [6, 6.07) is 20.2. The van der Waals surface area contributed by atoms with Crippen LogP contribution in [0.15, 0.2) is 60.7 Å². The lowest BCUT2D eigenvalue weighted by Gasteiger charge is -2.21. The molecule has 0 spiro atoms. The Balaban J connectivity index is 1.48. The third-order valence-electron chi connectivity index (χ3n) is 5.64. The number of carbonyl (C=O) groups excluding carboxylic acids is 1. The second-order valence-corrected chi connectivity index (χ2v) is 7.77. The van der Waals surface area contributed by atoms with Crippen molar-refractivity contribution in [1.82, 2.24) is 14.9 Å². The van der Waals surface area contributed by atoms with Crippen molar-refractivity contribution in [2.45, 2.75) is 20.4 Å². The number of hydrogen-bond donors (Lipinski definition) is 1. The van der Waals surface area contributed by atoms with Gasteiger partial charge >= 0.3 is 0 Å². The highest BCUT2D eigenvalue weighted by Gasteiger charge is 2.22. The van der Waals surface area contributed by atoms with Gasteiger partial charge in [0.1, 0.15) is 18.2 Å². The van der Waals surface area contributed by atoms with Gasteiger partial charge in [0, 0.05) is 17.7 Å². The number of nitrogens with zero attached hydrogens (tertiary/aromatic N) is 2. The third kappa shape index (κ3) is 3.32. The first kappa shape index (κ1) is 18.4. The van der Waals surface area contributed by atoms with Crippen molar-refractivity contribution in [3.8, 4) is 16.9 Å². The monoisotopic (exact) mass is 397 g/mol. The number of carbonyl (C=O) groups is 1. The maximum absolute atomic E-state index is 13.1. The molecule has 30 heavy (non-hydrogen) atoms. The number of ether oxygens (including phenoxy) is 1. The highest BCUT2D eigenvalue weighted by molar-refractivity contribution is 5.95. The number of H-pyrrole nitrogens is 1. The van der Waals surface area contributed by atoms with E-state index in [1.807, 2.05) is 49.1 Å². The van der Waals surface area contributed by atoms with Gasteiger partial charge in [-0.25, -0.2) is 4.98 Å². The molecule has 1 amide bonds. The highest BCUT2D eigenvalue weighted by atomic mass is 16.5. The Morgan fingerprint density at radius 3 is 2.70 bits per heavy atom. The molecule has 5 heteroatoms. The Bertz CT molecular complexity index is 1260. The van der Waals surface area contributed by atoms with Gasteiger partial charge in [-0.05, 0) is 60.9 Å². The Morgan fingerprint density at radius 2 is 1.83 bits per heavy atom. The van der Waals surface area contributed by atoms with E-state index in [0.29, 0.717) is 19.7 Å². The van der Waals surface area contributed by atoms with Crippen molar-refractivity contribution in [2.75, 3.05) is 13.2 Å². The van der Waals surface area contributed by atoms with E-state index in [1.54, 1.807) is 0 Å². The van der Waals surface area contributed by atoms with E-state index in [1.165, 1.54) is 0 Å². The van der Waals surface area contributed by atoms with Gasteiger partial charge in [0.05, 0.1) is 17.6 Å². The van der Waals surface area contributed by atoms with Crippen molar-refractivity contribution in [1.29, 1.82) is 0 Å². The lowest BCUT2D eigenvalue weighted by Crippen LogP contribution is -2.32. The number of amides is 1. The molecular weight excluding hydrogens is 374 g/mol. The number of imidazole rings is 1. The average molecular weight is 397 g/mol. The van der Waals surface area contributed by atoms with Crippen LogP contribution in [-0.2, 0) is 6.54 Å². The molecule has 2 heterocycles. The van der Waals surface area contributed by atoms with Crippen molar-refractivity contribution >= 4 is 16.9 Å². The van der Waals surface area contributed by atoms with Gasteiger partial charge in [-0.15, -0.1) is 0 Å². The topological polar surface area (TPSA) is 58.2 Å². The number of fused-ring (bicyclic) bond motifs is 2. The Hall–Kier alpha value is -3.60. The summed E-state index contributed by atoms with van der Waals surface area (Å²) < 4.78 is 5.95. The van der Waals surface area contributed by atoms with Gasteiger partial charge in [-0.3, -0.25) is 4.79 Å². The first-order chi connectivity index (χ1) is 14.6. The summed E-state index contributed by atoms with van der Waals surface area (Å²) in [7, 11) is 0. The van der Waals surface area contributed by atoms with E-state index < -0.39 is 0 Å². The van der Waals surface area contributed by atoms with Crippen LogP contribution in [0.4, 0.5) is 0 Å². The fourth-order valence-corrected chi connectivity index (χ4v) is 4.04. The largest absolute Gasteiger partial charge is 0.491 e. The SMILES string of the molecule is Cc1nc2cc(-c3ccc4c(c3)CN(C(=O)c3ccccc3C)CCO4)ccc2[nH]1. The van der Waals surface area contributed by atoms with Crippen LogP contribution in [0.5, 0.6) is 5.75 Å². The van der Waals surface area contributed by atoms with Crippen LogP contribution in [0.1, 0.15) is 27.3 Å². The van der Waals surface area contributed by atoms with E-state index in [9.17, 15) is 4.79 Å². The predicted octanol–water partition coefficient (Wildman–Crippen LogP) is 4.88. The van der Waals surface area contributed by atoms with Crippen LogP contribution in [0.25, 0.3) is 22.2 Å². The minimum atomic E-state index is 0.0448. The van der Waals surface area contributed by atoms with E-state index in [4.69, 9.17) is 4.74 Å². The normalized spacial score (nSPS) is 13.6. The summed E-state index contributed by atoms with van der Waals surface area (Å²) in [6.45, 7) is 5.51. The zero-order chi connectivity index (χ0) is 20.7. The molecule has 0 saturated carbocycles. The highest BCUT2D eigenvalue weighted by Crippen LogP contribution is 2.31. The van der Waals surface area contributed by atoms with E-state index >= 15 is 0 Å². The number of hydrogen-bond acceptors (Lipinski definition) is 3. The standard InChI is InChI=1S/C25H23N3O2/c1-16-5-3-4-6-21(16)25(29)28-11-12-30-24-10-8-18(13-20(24)15-28)19-7-9-22-23(14-19)27-17(2)26-22/h3-10,13-14H,11-12,15H2,1-2H3,(H,26,27). The fraction of sp³-hybridized carbons (Fsp3) is 0.200. The molecule has 0 atom stereocenters. The first-order valence-electron chi connectivity index (χ1n) is 10.2. The van der Waals surface area contributed by atoms with Crippen LogP contribution in [0, 0.1) is 13.8 Å². The van der Waals surface area contributed by atoms with Crippen molar-refractivity contribution in [2.24, 2.45) is 0 Å². The fourth-order valence-electron chi connectivity index (χ4n) is 4.04. The summed E-state index contributed by atoms with van der Waals surface area (Å²) in [5.41, 5.74) is 6.92. The van der Waals surface area contributed by atoms with E-state index in [0.717, 1.165) is 50.4 Å². The second kappa shape index (κ2) is 7.34. The van der Waals surface area contributed by atoms with Gasteiger partial charge in [0.2, 0.25) is 0 Å². The Kier molecular flexibility index (Phi) is 4.51. The van der Waals surface area contributed by atoms with Crippen molar-refractivity contribution < 1.29 is 9.53 Å². The molecule has 4 aromatic rings. The van der Waals surface area contributed by atoms with Crippen LogP contribution >= 0.6 is 0 Å². The molecule has 150 valence electrons. The molecule has 0 saturated heterocycles. The number of benzene rings is 3. The average Bonchev–Trinajstić information content (AvgIpc) is 2.99. The molecule has 5 rings (SSSR count). The molecule has 5 nitrogen and oxygen atoms in total. The molecule has 3 aromatic carbocycles. The number of nitrogens with one attached hydrogen (secondary N) is 1. The quantitative estimate of drug-likeness (QED) is 0.524. The predicted molar refractivity (Wildman–Crippen MR) is 118 cm³/mol. The van der Waals surface area contributed by atoms with Gasteiger partial charge in [0.25, 0.3) is 5.91 Å². The molecule has 1 aromatic heterocycles. The van der Waals surface area contributed by atoms with Gasteiger partial charge in [-0.2, -0.15) is 0 Å². The zero-order valence-electron chi connectivity index (χ0n) is 17.1. The van der Waals surface area contributed by atoms with Crippen LogP contribution in [0.2, 0.25) is 0 Å². The van der Waals surface area contributed by atoms with Crippen molar-refractivity contribution in [3.63, 3.8) is 0 Å². The smallest absolute Gasteiger partial charge is 0.254 e. The Morgan fingerprint density at radius 1 is 1.03 bits per heavy atom. The summed E-state index contributed by atoms with van der Waals surface area (Å²) in [5.74, 6) is 1.79. The first-order valence-corrected chi connectivity index (χ1v) is 10.2. The van der Waals surface area contributed by atoms with Crippen LogP contribution in [-0.4, -0.2) is 33.9 Å². The molecule has 0 bridgehead atoms. The number of aromatic nitrogens is 2. The summed E-state index contributed by atoms with van der Waals surface area (Å²) in [5, 5.41) is 0. The summed E-state index contributed by atoms with van der Waals surface area (Å²) in [6.07, 6.45) is 0. The maximum atomic E-state index is 13.1. The van der Waals surface area contributed by atoms with E-state index in [2.05, 4.69) is 40.3 Å². The van der Waals surface area contributed by atoms with Crippen molar-refractivity contribution in [3.05, 3.63) is 83.2 Å². The molecule has 0 aliphatic carbocycles. The molecule has 1 aliphatic rings. The molecule has 1 N–H and O–H groups in total. The zero-order valence-corrected chi connectivity index (χ0v) is 17.1. The number of rotatable bonds is 2. The lowest BCUT2D eigenvalue weighted by atomic mass is 10.0. The Labute approximate surface area is 175 Å². The lowest BCUT2D eigenvalue weighted by molar-refractivity contribution is 0.0732. The minimum Gasteiger partial charge on any atom is -0.491 e. The molecule has 0 fully saturated rings.